The van der Waals surface area contributed by atoms with Crippen LogP contribution in [0.4, 0.5) is 0 Å². The van der Waals surface area contributed by atoms with Crippen molar-refractivity contribution in [3.63, 3.8) is 0 Å². The van der Waals surface area contributed by atoms with Crippen LogP contribution in [0.15, 0.2) is 0 Å². The fraction of sp³-hybridized carbons (Fsp3) is 0.882. The number of carbonyl (C=O) groups is 2. The fourth-order valence-corrected chi connectivity index (χ4v) is 4.55. The van der Waals surface area contributed by atoms with E-state index in [1.165, 1.54) is 9.80 Å². The number of ether oxygens (including phenoxy) is 1. The Labute approximate surface area is 137 Å². The number of nitrogens with zero attached hydrogens (tertiary/aromatic N) is 1. The van der Waals surface area contributed by atoms with Gasteiger partial charge in [-0.15, -0.1) is 0 Å². The average Bonchev–Trinajstić information content (AvgIpc) is 2.70. The number of likely N-dealkylation sites (tertiary alicyclic amines) is 1. The smallest absolute Gasteiger partial charge is 0.235 e. The molecule has 2 aliphatic heterocycles. The molecule has 3 atom stereocenters. The Balaban J connectivity index is 1.68. The molecule has 3 fully saturated rings. The van der Waals surface area contributed by atoms with Crippen molar-refractivity contribution in [1.29, 1.82) is 0 Å². The number of hydrogen-bond donors (Lipinski definition) is 2. The second-order valence-electron chi connectivity index (χ2n) is 8.12. The van der Waals surface area contributed by atoms with E-state index in [1.54, 1.807) is 0 Å². The molecule has 0 aromatic heterocycles. The number of carbonyl (C=O) groups excluding carboxylic acids is 2. The highest BCUT2D eigenvalue weighted by Gasteiger charge is 2.64. The van der Waals surface area contributed by atoms with Crippen LogP contribution in [0.5, 0.6) is 0 Å². The molecule has 130 valence electrons. The molecule has 2 N–H and O–H groups in total. The summed E-state index contributed by atoms with van der Waals surface area (Å²) in [7, 11) is 0. The summed E-state index contributed by atoms with van der Waals surface area (Å²) >= 11 is 0. The number of morpholine rings is 1. The molecule has 0 aromatic carbocycles. The van der Waals surface area contributed by atoms with Crippen molar-refractivity contribution in [2.75, 3.05) is 39.4 Å². The molecule has 2 heterocycles. The minimum absolute atomic E-state index is 0.0917. The molecular formula is C17H29N2O4+. The maximum Gasteiger partial charge on any atom is 0.235 e. The first-order chi connectivity index (χ1) is 10.8. The van der Waals surface area contributed by atoms with Crippen LogP contribution in [0.3, 0.4) is 0 Å². The van der Waals surface area contributed by atoms with Crippen molar-refractivity contribution in [2.45, 2.75) is 39.7 Å². The summed E-state index contributed by atoms with van der Waals surface area (Å²) < 4.78 is 5.32. The average molecular weight is 325 g/mol. The van der Waals surface area contributed by atoms with Crippen LogP contribution in [0.1, 0.15) is 33.6 Å². The van der Waals surface area contributed by atoms with Gasteiger partial charge in [-0.2, -0.15) is 0 Å². The molecule has 2 saturated heterocycles. The van der Waals surface area contributed by atoms with E-state index in [-0.39, 0.29) is 29.7 Å². The highest BCUT2D eigenvalue weighted by atomic mass is 16.5. The van der Waals surface area contributed by atoms with Gasteiger partial charge >= 0.3 is 0 Å². The third-order valence-corrected chi connectivity index (χ3v) is 6.63. The zero-order valence-electron chi connectivity index (χ0n) is 14.4. The van der Waals surface area contributed by atoms with Crippen LogP contribution in [0.2, 0.25) is 0 Å². The van der Waals surface area contributed by atoms with E-state index >= 15 is 0 Å². The van der Waals surface area contributed by atoms with Gasteiger partial charge in [-0.3, -0.25) is 14.5 Å². The predicted molar refractivity (Wildman–Crippen MR) is 83.7 cm³/mol. The number of amides is 2. The van der Waals surface area contributed by atoms with Crippen LogP contribution in [0.25, 0.3) is 0 Å². The molecule has 2 bridgehead atoms. The standard InChI is InChI=1S/C17H28N2O4/c1-16(2)13-4-5-17(16,3)15(22)19(14(13)21)11-12(20)10-18-6-8-23-9-7-18/h12-13,20H,4-11H2,1-3H3/p+1. The highest BCUT2D eigenvalue weighted by molar-refractivity contribution is 6.03. The maximum atomic E-state index is 12.9. The van der Waals surface area contributed by atoms with E-state index in [2.05, 4.69) is 0 Å². The Hall–Kier alpha value is -0.980. The molecule has 1 saturated carbocycles. The summed E-state index contributed by atoms with van der Waals surface area (Å²) in [5, 5.41) is 10.4. The molecule has 3 unspecified atom stereocenters. The van der Waals surface area contributed by atoms with Crippen LogP contribution in [-0.4, -0.2) is 67.3 Å². The van der Waals surface area contributed by atoms with Crippen molar-refractivity contribution < 1.29 is 24.3 Å². The number of hydrogen-bond acceptors (Lipinski definition) is 4. The second-order valence-corrected chi connectivity index (χ2v) is 8.12. The summed E-state index contributed by atoms with van der Waals surface area (Å²) in [4.78, 5) is 28.3. The van der Waals surface area contributed by atoms with Crippen molar-refractivity contribution in [1.82, 2.24) is 4.90 Å². The zero-order valence-corrected chi connectivity index (χ0v) is 14.4. The van der Waals surface area contributed by atoms with Crippen LogP contribution >= 0.6 is 0 Å². The van der Waals surface area contributed by atoms with E-state index in [0.717, 1.165) is 25.9 Å². The zero-order chi connectivity index (χ0) is 16.8. The summed E-state index contributed by atoms with van der Waals surface area (Å²) in [5.74, 6) is -0.295. The molecule has 6 nitrogen and oxygen atoms in total. The van der Waals surface area contributed by atoms with Crippen LogP contribution in [0, 0.1) is 16.7 Å². The van der Waals surface area contributed by atoms with Gasteiger partial charge in [-0.1, -0.05) is 20.8 Å². The number of rotatable bonds is 4. The molecular weight excluding hydrogens is 296 g/mol. The Bertz CT molecular complexity index is 501. The van der Waals surface area contributed by atoms with Crippen molar-refractivity contribution in [2.24, 2.45) is 16.7 Å². The molecule has 0 spiro atoms. The Morgan fingerprint density at radius 1 is 1.30 bits per heavy atom. The van der Waals surface area contributed by atoms with Gasteiger partial charge in [0.15, 0.2) is 0 Å². The normalized spacial score (nSPS) is 35.7. The molecule has 3 aliphatic rings. The number of fused-ring (bicyclic) bond motifs is 2. The van der Waals surface area contributed by atoms with E-state index < -0.39 is 11.5 Å². The highest BCUT2D eigenvalue weighted by Crippen LogP contribution is 2.59. The number of quaternary nitrogens is 1. The third-order valence-electron chi connectivity index (χ3n) is 6.63. The lowest BCUT2D eigenvalue weighted by molar-refractivity contribution is -0.910. The lowest BCUT2D eigenvalue weighted by Crippen LogP contribution is -3.15. The van der Waals surface area contributed by atoms with Gasteiger partial charge in [0.1, 0.15) is 25.7 Å². The van der Waals surface area contributed by atoms with Crippen LogP contribution in [-0.2, 0) is 14.3 Å². The van der Waals surface area contributed by atoms with Crippen molar-refractivity contribution in [3.05, 3.63) is 0 Å². The van der Waals surface area contributed by atoms with Gasteiger partial charge in [0.2, 0.25) is 11.8 Å². The van der Waals surface area contributed by atoms with Gasteiger partial charge in [-0.05, 0) is 18.3 Å². The summed E-state index contributed by atoms with van der Waals surface area (Å²) in [6.45, 7) is 9.89. The third kappa shape index (κ3) is 2.61. The van der Waals surface area contributed by atoms with Gasteiger partial charge in [0.05, 0.1) is 25.2 Å². The number of nitrogens with one attached hydrogen (secondary N) is 1. The number of β-amino-alcohol motifs (C(OH)–C–C–N with tert-alkyl or cyclic N) is 1. The molecule has 6 heteroatoms. The molecule has 1 aliphatic carbocycles. The van der Waals surface area contributed by atoms with Crippen molar-refractivity contribution >= 4 is 11.8 Å². The van der Waals surface area contributed by atoms with Gasteiger partial charge in [0, 0.05) is 5.92 Å². The molecule has 2 amide bonds. The predicted octanol–water partition coefficient (Wildman–Crippen LogP) is -0.926. The Morgan fingerprint density at radius 2 is 1.96 bits per heavy atom. The summed E-state index contributed by atoms with van der Waals surface area (Å²) in [6.07, 6.45) is 0.867. The van der Waals surface area contributed by atoms with E-state index in [0.29, 0.717) is 19.8 Å². The molecule has 23 heavy (non-hydrogen) atoms. The van der Waals surface area contributed by atoms with E-state index in [4.69, 9.17) is 4.74 Å². The van der Waals surface area contributed by atoms with Gasteiger partial charge in [-0.25, -0.2) is 0 Å². The maximum absolute atomic E-state index is 12.9. The lowest BCUT2D eigenvalue weighted by atomic mass is 9.62. The van der Waals surface area contributed by atoms with Gasteiger partial charge < -0.3 is 14.7 Å². The van der Waals surface area contributed by atoms with Gasteiger partial charge in [0.25, 0.3) is 0 Å². The monoisotopic (exact) mass is 325 g/mol. The van der Waals surface area contributed by atoms with E-state index in [1.807, 2.05) is 20.8 Å². The van der Waals surface area contributed by atoms with Crippen molar-refractivity contribution in [3.8, 4) is 0 Å². The minimum Gasteiger partial charge on any atom is -0.385 e. The SMILES string of the molecule is CC12CCC(C(=O)N(CC(O)C[NH+]3CCOCC3)C1=O)C2(C)C. The Morgan fingerprint density at radius 3 is 2.61 bits per heavy atom. The van der Waals surface area contributed by atoms with Crippen LogP contribution < -0.4 is 4.90 Å². The molecule has 0 aromatic rings. The van der Waals surface area contributed by atoms with E-state index in [9.17, 15) is 14.7 Å². The number of piperidine rings is 1. The topological polar surface area (TPSA) is 71.3 Å². The minimum atomic E-state index is -0.666. The molecule has 3 rings (SSSR count). The molecule has 0 radical (unpaired) electrons. The number of imide groups is 1. The lowest BCUT2D eigenvalue weighted by Gasteiger charge is -2.48. The second kappa shape index (κ2) is 5.83. The first kappa shape index (κ1) is 16.9. The fourth-order valence-electron chi connectivity index (χ4n) is 4.55. The quantitative estimate of drug-likeness (QED) is 0.656. The first-order valence-corrected chi connectivity index (χ1v) is 8.72. The summed E-state index contributed by atoms with van der Waals surface area (Å²) in [5.41, 5.74) is -0.783. The largest absolute Gasteiger partial charge is 0.385 e. The Kier molecular flexibility index (Phi) is 4.27. The summed E-state index contributed by atoms with van der Waals surface area (Å²) in [6, 6.07) is 0. The number of aliphatic hydroxyl groups is 1. The first-order valence-electron chi connectivity index (χ1n) is 8.72. The number of aliphatic hydroxyl groups excluding tert-OH is 1.